The van der Waals surface area contributed by atoms with Gasteiger partial charge in [-0.2, -0.15) is 13.2 Å². The molecule has 1 heterocycles. The standard InChI is InChI=1S/C14H14F3N3/c1-9-7-20-12(8-19-9)13(18-2)10-3-5-11(6-4-10)14(15,16)17/h3-8,13,18H,1-2H3. The van der Waals surface area contributed by atoms with Crippen LogP contribution in [0.5, 0.6) is 0 Å². The van der Waals surface area contributed by atoms with E-state index in [0.29, 0.717) is 11.3 Å². The van der Waals surface area contributed by atoms with E-state index in [2.05, 4.69) is 15.3 Å². The third-order valence-corrected chi connectivity index (χ3v) is 2.96. The minimum absolute atomic E-state index is 0.287. The number of aromatic nitrogens is 2. The van der Waals surface area contributed by atoms with Crippen molar-refractivity contribution in [1.82, 2.24) is 15.3 Å². The molecule has 0 radical (unpaired) electrons. The number of halogens is 3. The highest BCUT2D eigenvalue weighted by atomic mass is 19.4. The van der Waals surface area contributed by atoms with Gasteiger partial charge in [0, 0.05) is 6.20 Å². The lowest BCUT2D eigenvalue weighted by atomic mass is 10.0. The van der Waals surface area contributed by atoms with E-state index in [4.69, 9.17) is 0 Å². The van der Waals surface area contributed by atoms with Gasteiger partial charge in [-0.1, -0.05) is 12.1 Å². The molecule has 0 amide bonds. The van der Waals surface area contributed by atoms with Crippen molar-refractivity contribution >= 4 is 0 Å². The first-order valence-electron chi connectivity index (χ1n) is 6.05. The fourth-order valence-electron chi connectivity index (χ4n) is 1.90. The average Bonchev–Trinajstić information content (AvgIpc) is 2.41. The number of nitrogens with one attached hydrogen (secondary N) is 1. The highest BCUT2D eigenvalue weighted by Crippen LogP contribution is 2.30. The number of nitrogens with zero attached hydrogens (tertiary/aromatic N) is 2. The zero-order valence-electron chi connectivity index (χ0n) is 11.1. The Labute approximate surface area is 114 Å². The van der Waals surface area contributed by atoms with Gasteiger partial charge in [0.15, 0.2) is 0 Å². The summed E-state index contributed by atoms with van der Waals surface area (Å²) in [6.07, 6.45) is -1.07. The van der Waals surface area contributed by atoms with Crippen LogP contribution in [-0.2, 0) is 6.18 Å². The van der Waals surface area contributed by atoms with Gasteiger partial charge in [0.25, 0.3) is 0 Å². The monoisotopic (exact) mass is 281 g/mol. The lowest BCUT2D eigenvalue weighted by Gasteiger charge is -2.16. The van der Waals surface area contributed by atoms with E-state index >= 15 is 0 Å². The Bertz CT molecular complexity index is 562. The molecule has 0 bridgehead atoms. The van der Waals surface area contributed by atoms with Crippen LogP contribution >= 0.6 is 0 Å². The summed E-state index contributed by atoms with van der Waals surface area (Å²) >= 11 is 0. The molecule has 1 unspecified atom stereocenters. The quantitative estimate of drug-likeness (QED) is 0.939. The number of benzene rings is 1. The van der Waals surface area contributed by atoms with Gasteiger partial charge in [-0.25, -0.2) is 0 Å². The molecule has 1 atom stereocenters. The predicted molar refractivity (Wildman–Crippen MR) is 69.1 cm³/mol. The van der Waals surface area contributed by atoms with E-state index in [0.717, 1.165) is 17.8 Å². The Morgan fingerprint density at radius 1 is 1.05 bits per heavy atom. The molecule has 0 aliphatic rings. The molecular weight excluding hydrogens is 267 g/mol. The summed E-state index contributed by atoms with van der Waals surface area (Å²) in [4.78, 5) is 8.40. The van der Waals surface area contributed by atoms with Crippen molar-refractivity contribution in [1.29, 1.82) is 0 Å². The first-order chi connectivity index (χ1) is 9.41. The molecule has 6 heteroatoms. The zero-order valence-corrected chi connectivity index (χ0v) is 11.1. The van der Waals surface area contributed by atoms with Crippen LogP contribution in [-0.4, -0.2) is 17.0 Å². The lowest BCUT2D eigenvalue weighted by molar-refractivity contribution is -0.137. The lowest BCUT2D eigenvalue weighted by Crippen LogP contribution is -2.19. The van der Waals surface area contributed by atoms with Crippen molar-refractivity contribution in [2.24, 2.45) is 0 Å². The Balaban J connectivity index is 2.30. The van der Waals surface area contributed by atoms with Gasteiger partial charge in [0.1, 0.15) is 0 Å². The molecule has 2 aromatic rings. The second-order valence-electron chi connectivity index (χ2n) is 4.42. The van der Waals surface area contributed by atoms with Gasteiger partial charge in [-0.3, -0.25) is 9.97 Å². The molecule has 0 saturated carbocycles. The minimum atomic E-state index is -4.32. The van der Waals surface area contributed by atoms with Crippen LogP contribution in [0.3, 0.4) is 0 Å². The van der Waals surface area contributed by atoms with Gasteiger partial charge in [-0.05, 0) is 31.7 Å². The van der Waals surface area contributed by atoms with Crippen molar-refractivity contribution in [3.63, 3.8) is 0 Å². The fraction of sp³-hybridized carbons (Fsp3) is 0.286. The Hall–Kier alpha value is -1.95. The smallest absolute Gasteiger partial charge is 0.308 e. The summed E-state index contributed by atoms with van der Waals surface area (Å²) in [5.41, 5.74) is 1.50. The number of rotatable bonds is 3. The molecule has 1 aromatic heterocycles. The summed E-state index contributed by atoms with van der Waals surface area (Å²) in [5.74, 6) is 0. The molecule has 106 valence electrons. The van der Waals surface area contributed by atoms with Crippen molar-refractivity contribution < 1.29 is 13.2 Å². The van der Waals surface area contributed by atoms with Crippen LogP contribution < -0.4 is 5.32 Å². The molecule has 1 N–H and O–H groups in total. The maximum atomic E-state index is 12.5. The van der Waals surface area contributed by atoms with Crippen LogP contribution in [0.15, 0.2) is 36.7 Å². The molecule has 3 nitrogen and oxygen atoms in total. The minimum Gasteiger partial charge on any atom is -0.308 e. The first-order valence-corrected chi connectivity index (χ1v) is 6.05. The molecule has 0 aliphatic heterocycles. The first kappa shape index (κ1) is 14.5. The van der Waals surface area contributed by atoms with E-state index in [-0.39, 0.29) is 6.04 Å². The van der Waals surface area contributed by atoms with Crippen LogP contribution in [0.1, 0.15) is 28.6 Å². The predicted octanol–water partition coefficient (Wildman–Crippen LogP) is 3.11. The van der Waals surface area contributed by atoms with E-state index in [1.165, 1.54) is 12.1 Å². The van der Waals surface area contributed by atoms with Gasteiger partial charge in [0.2, 0.25) is 0 Å². The highest BCUT2D eigenvalue weighted by Gasteiger charge is 2.30. The van der Waals surface area contributed by atoms with Crippen molar-refractivity contribution in [2.75, 3.05) is 7.05 Å². The van der Waals surface area contributed by atoms with Gasteiger partial charge in [-0.15, -0.1) is 0 Å². The molecule has 0 saturated heterocycles. The largest absolute Gasteiger partial charge is 0.416 e. The zero-order chi connectivity index (χ0) is 14.8. The number of hydrogen-bond donors (Lipinski definition) is 1. The van der Waals surface area contributed by atoms with Crippen molar-refractivity contribution in [3.05, 3.63) is 59.2 Å². The fourth-order valence-corrected chi connectivity index (χ4v) is 1.90. The third-order valence-electron chi connectivity index (χ3n) is 2.96. The number of alkyl halides is 3. The molecule has 1 aromatic carbocycles. The molecule has 0 spiro atoms. The summed E-state index contributed by atoms with van der Waals surface area (Å²) in [7, 11) is 1.73. The molecule has 0 aliphatic carbocycles. The van der Waals surface area contributed by atoms with E-state index < -0.39 is 11.7 Å². The molecule has 2 rings (SSSR count). The van der Waals surface area contributed by atoms with Crippen molar-refractivity contribution in [2.45, 2.75) is 19.1 Å². The summed E-state index contributed by atoms with van der Waals surface area (Å²) < 4.78 is 37.6. The molecule has 0 fully saturated rings. The average molecular weight is 281 g/mol. The maximum absolute atomic E-state index is 12.5. The van der Waals surface area contributed by atoms with Gasteiger partial charge in [0.05, 0.1) is 29.2 Å². The van der Waals surface area contributed by atoms with Crippen LogP contribution in [0, 0.1) is 6.92 Å². The normalized spacial score (nSPS) is 13.2. The Morgan fingerprint density at radius 2 is 1.70 bits per heavy atom. The van der Waals surface area contributed by atoms with Crippen LogP contribution in [0.2, 0.25) is 0 Å². The highest BCUT2D eigenvalue weighted by molar-refractivity contribution is 5.31. The number of hydrogen-bond acceptors (Lipinski definition) is 3. The van der Waals surface area contributed by atoms with Crippen LogP contribution in [0.25, 0.3) is 0 Å². The van der Waals surface area contributed by atoms with Crippen LogP contribution in [0.4, 0.5) is 13.2 Å². The number of aryl methyl sites for hydroxylation is 1. The molecule has 20 heavy (non-hydrogen) atoms. The second kappa shape index (κ2) is 5.58. The summed E-state index contributed by atoms with van der Waals surface area (Å²) in [5, 5.41) is 3.03. The third kappa shape index (κ3) is 3.14. The molecular formula is C14H14F3N3. The summed E-state index contributed by atoms with van der Waals surface area (Å²) in [6, 6.07) is 4.75. The maximum Gasteiger partial charge on any atom is 0.416 e. The van der Waals surface area contributed by atoms with Gasteiger partial charge < -0.3 is 5.32 Å². The Morgan fingerprint density at radius 3 is 2.15 bits per heavy atom. The van der Waals surface area contributed by atoms with E-state index in [1.807, 2.05) is 6.92 Å². The SMILES string of the molecule is CNC(c1ccc(C(F)(F)F)cc1)c1cnc(C)cn1. The topological polar surface area (TPSA) is 37.8 Å². The second-order valence-corrected chi connectivity index (χ2v) is 4.42. The van der Waals surface area contributed by atoms with Gasteiger partial charge >= 0.3 is 6.18 Å². The van der Waals surface area contributed by atoms with E-state index in [1.54, 1.807) is 19.4 Å². The summed E-state index contributed by atoms with van der Waals surface area (Å²) in [6.45, 7) is 1.82. The Kier molecular flexibility index (Phi) is 4.04. The van der Waals surface area contributed by atoms with E-state index in [9.17, 15) is 13.2 Å². The van der Waals surface area contributed by atoms with Crippen molar-refractivity contribution in [3.8, 4) is 0 Å².